The van der Waals surface area contributed by atoms with E-state index in [1.807, 2.05) is 20.8 Å². The highest BCUT2D eigenvalue weighted by molar-refractivity contribution is 5.80. The van der Waals surface area contributed by atoms with Gasteiger partial charge in [-0.05, 0) is 48.5 Å². The Labute approximate surface area is 121 Å². The van der Waals surface area contributed by atoms with Crippen LogP contribution in [0.3, 0.4) is 0 Å². The summed E-state index contributed by atoms with van der Waals surface area (Å²) in [7, 11) is 1.40. The van der Waals surface area contributed by atoms with E-state index in [0.29, 0.717) is 0 Å². The van der Waals surface area contributed by atoms with Gasteiger partial charge in [-0.25, -0.2) is 9.59 Å². The minimum atomic E-state index is -1.13. The Morgan fingerprint density at radius 2 is 1.50 bits per heavy atom. The molecule has 0 rings (SSSR count). The van der Waals surface area contributed by atoms with Crippen molar-refractivity contribution < 1.29 is 24.2 Å². The third-order valence-electron chi connectivity index (χ3n) is 2.34. The van der Waals surface area contributed by atoms with Crippen LogP contribution in [0.15, 0.2) is 0 Å². The Hall–Kier alpha value is -1.30. The van der Waals surface area contributed by atoms with E-state index in [1.165, 1.54) is 7.05 Å². The second-order valence-electron chi connectivity index (χ2n) is 6.81. The molecule has 1 N–H and O–H groups in total. The number of hydrogen-bond acceptors (Lipinski definition) is 4. The van der Waals surface area contributed by atoms with E-state index < -0.39 is 35.4 Å². The van der Waals surface area contributed by atoms with Gasteiger partial charge in [-0.2, -0.15) is 0 Å². The first-order valence-corrected chi connectivity index (χ1v) is 6.61. The third kappa shape index (κ3) is 6.75. The van der Waals surface area contributed by atoms with Crippen molar-refractivity contribution in [2.75, 3.05) is 7.05 Å². The summed E-state index contributed by atoms with van der Waals surface area (Å²) in [5.41, 5.74) is -1.18. The number of ether oxygens (including phenoxy) is 2. The average molecular weight is 289 g/mol. The van der Waals surface area contributed by atoms with E-state index >= 15 is 0 Å². The molecular formula is C14H27NO5. The molecule has 0 aliphatic carbocycles. The first-order chi connectivity index (χ1) is 8.74. The van der Waals surface area contributed by atoms with Gasteiger partial charge in [0.25, 0.3) is 0 Å². The van der Waals surface area contributed by atoms with Crippen molar-refractivity contribution in [3.63, 3.8) is 0 Å². The predicted octanol–water partition coefficient (Wildman–Crippen LogP) is 2.51. The van der Waals surface area contributed by atoms with Crippen molar-refractivity contribution in [2.24, 2.45) is 0 Å². The second kappa shape index (κ2) is 6.43. The van der Waals surface area contributed by atoms with E-state index in [0.717, 1.165) is 4.90 Å². The van der Waals surface area contributed by atoms with Gasteiger partial charge in [-0.1, -0.05) is 0 Å². The highest BCUT2D eigenvalue weighted by Gasteiger charge is 2.36. The van der Waals surface area contributed by atoms with Crippen LogP contribution in [0, 0.1) is 0 Å². The normalized spacial score (nSPS) is 15.4. The van der Waals surface area contributed by atoms with Crippen LogP contribution in [0.5, 0.6) is 0 Å². The highest BCUT2D eigenvalue weighted by atomic mass is 16.6. The van der Waals surface area contributed by atoms with Crippen LogP contribution in [0.2, 0.25) is 0 Å². The van der Waals surface area contributed by atoms with E-state index in [2.05, 4.69) is 0 Å². The Morgan fingerprint density at radius 1 is 1.05 bits per heavy atom. The molecule has 0 aromatic rings. The number of hydrogen-bond donors (Lipinski definition) is 1. The SMILES string of the molecule is C[C@@H](OC(C)(C)C)[C@@H](C(=O)O)N(C)C(=O)OC(C)(C)C. The lowest BCUT2D eigenvalue weighted by atomic mass is 10.1. The predicted molar refractivity (Wildman–Crippen MR) is 75.7 cm³/mol. The Morgan fingerprint density at radius 3 is 1.80 bits per heavy atom. The number of likely N-dealkylation sites (N-methyl/N-ethyl adjacent to an activating group) is 1. The second-order valence-corrected chi connectivity index (χ2v) is 6.81. The van der Waals surface area contributed by atoms with E-state index in [9.17, 15) is 14.7 Å². The van der Waals surface area contributed by atoms with Crippen molar-refractivity contribution in [2.45, 2.75) is 71.8 Å². The number of carbonyl (C=O) groups is 2. The fourth-order valence-corrected chi connectivity index (χ4v) is 1.75. The number of rotatable bonds is 4. The Kier molecular flexibility index (Phi) is 6.02. The molecule has 2 atom stereocenters. The molecule has 0 aliphatic rings. The Balaban J connectivity index is 5.00. The molecule has 0 saturated carbocycles. The van der Waals surface area contributed by atoms with Gasteiger partial charge in [0.1, 0.15) is 5.60 Å². The number of carboxylic acids is 1. The lowest BCUT2D eigenvalue weighted by Gasteiger charge is -2.34. The molecule has 0 radical (unpaired) electrons. The van der Waals surface area contributed by atoms with Gasteiger partial charge in [0.05, 0.1) is 11.7 Å². The summed E-state index contributed by atoms with van der Waals surface area (Å²) in [6, 6.07) is -1.11. The number of aliphatic carboxylic acids is 1. The van der Waals surface area contributed by atoms with E-state index in [-0.39, 0.29) is 0 Å². The van der Waals surface area contributed by atoms with Crippen LogP contribution < -0.4 is 0 Å². The molecule has 0 spiro atoms. The minimum absolute atomic E-state index is 0.498. The van der Waals surface area contributed by atoms with Gasteiger partial charge in [0.15, 0.2) is 6.04 Å². The topological polar surface area (TPSA) is 76.1 Å². The summed E-state index contributed by atoms with van der Waals surface area (Å²) in [5.74, 6) is -1.13. The summed E-state index contributed by atoms with van der Waals surface area (Å²) in [4.78, 5) is 24.4. The highest BCUT2D eigenvalue weighted by Crippen LogP contribution is 2.18. The standard InChI is InChI=1S/C14H27NO5/c1-9(19-13(2,3)4)10(11(16)17)15(8)12(18)20-14(5,6)7/h9-10H,1-8H3,(H,16,17)/t9-,10+/m1/s1. The average Bonchev–Trinajstić information content (AvgIpc) is 2.10. The van der Waals surface area contributed by atoms with Crippen molar-refractivity contribution in [3.8, 4) is 0 Å². The van der Waals surface area contributed by atoms with Crippen LogP contribution in [-0.2, 0) is 14.3 Å². The molecule has 1 amide bonds. The van der Waals surface area contributed by atoms with Crippen LogP contribution in [0.1, 0.15) is 48.5 Å². The van der Waals surface area contributed by atoms with Crippen LogP contribution in [0.25, 0.3) is 0 Å². The van der Waals surface area contributed by atoms with Crippen molar-refractivity contribution in [1.29, 1.82) is 0 Å². The quantitative estimate of drug-likeness (QED) is 0.860. The summed E-state index contributed by atoms with van der Waals surface area (Å²) < 4.78 is 10.8. The van der Waals surface area contributed by atoms with Gasteiger partial charge in [0, 0.05) is 7.05 Å². The number of nitrogens with zero attached hydrogens (tertiary/aromatic N) is 1. The van der Waals surface area contributed by atoms with Crippen molar-refractivity contribution in [3.05, 3.63) is 0 Å². The molecule has 0 heterocycles. The fourth-order valence-electron chi connectivity index (χ4n) is 1.75. The van der Waals surface area contributed by atoms with E-state index in [4.69, 9.17) is 9.47 Å². The summed E-state index contributed by atoms with van der Waals surface area (Å²) >= 11 is 0. The maximum absolute atomic E-state index is 12.0. The third-order valence-corrected chi connectivity index (χ3v) is 2.34. The number of carbonyl (C=O) groups excluding carboxylic acids is 1. The van der Waals surface area contributed by atoms with Gasteiger partial charge in [0.2, 0.25) is 0 Å². The van der Waals surface area contributed by atoms with Crippen LogP contribution in [-0.4, -0.2) is 52.5 Å². The molecule has 0 aliphatic heterocycles. The molecule has 0 saturated heterocycles. The molecule has 118 valence electrons. The van der Waals surface area contributed by atoms with Gasteiger partial charge < -0.3 is 14.6 Å². The van der Waals surface area contributed by atoms with Crippen molar-refractivity contribution in [1.82, 2.24) is 4.90 Å². The largest absolute Gasteiger partial charge is 0.480 e. The molecule has 0 unspecified atom stereocenters. The molecule has 6 nitrogen and oxygen atoms in total. The fraction of sp³-hybridized carbons (Fsp3) is 0.857. The summed E-state index contributed by atoms with van der Waals surface area (Å²) in [6.07, 6.45) is -1.35. The maximum Gasteiger partial charge on any atom is 0.410 e. The van der Waals surface area contributed by atoms with Gasteiger partial charge in [-0.3, -0.25) is 4.90 Å². The summed E-state index contributed by atoms with van der Waals surface area (Å²) in [5, 5.41) is 9.33. The lowest BCUT2D eigenvalue weighted by molar-refractivity contribution is -0.153. The minimum Gasteiger partial charge on any atom is -0.480 e. The number of carboxylic acid groups (broad SMARTS) is 1. The first kappa shape index (κ1) is 18.7. The molecule has 0 bridgehead atoms. The van der Waals surface area contributed by atoms with Gasteiger partial charge >= 0.3 is 12.1 Å². The maximum atomic E-state index is 12.0. The molecule has 6 heteroatoms. The monoisotopic (exact) mass is 289 g/mol. The van der Waals surface area contributed by atoms with Crippen LogP contribution >= 0.6 is 0 Å². The lowest BCUT2D eigenvalue weighted by Crippen LogP contribution is -2.52. The molecular weight excluding hydrogens is 262 g/mol. The van der Waals surface area contributed by atoms with Crippen LogP contribution in [0.4, 0.5) is 4.79 Å². The Bertz CT molecular complexity index is 354. The van der Waals surface area contributed by atoms with Gasteiger partial charge in [-0.15, -0.1) is 0 Å². The molecule has 0 fully saturated rings. The zero-order valence-electron chi connectivity index (χ0n) is 13.7. The molecule has 20 heavy (non-hydrogen) atoms. The van der Waals surface area contributed by atoms with Crippen molar-refractivity contribution >= 4 is 12.1 Å². The number of amides is 1. The molecule has 0 aromatic heterocycles. The summed E-state index contributed by atoms with van der Waals surface area (Å²) in [6.45, 7) is 12.3. The zero-order chi connectivity index (χ0) is 16.3. The van der Waals surface area contributed by atoms with E-state index in [1.54, 1.807) is 27.7 Å². The molecule has 0 aromatic carbocycles. The first-order valence-electron chi connectivity index (χ1n) is 6.61. The zero-order valence-corrected chi connectivity index (χ0v) is 13.7. The smallest absolute Gasteiger partial charge is 0.410 e.